The lowest BCUT2D eigenvalue weighted by Crippen LogP contribution is -2.40. The van der Waals surface area contributed by atoms with E-state index in [-0.39, 0.29) is 11.4 Å². The standard InChI is InChI=1S/C15H23NO3/c1-6-9-19-12-8-7-11(10-13(12)18-5)14(17)16-15(2,3)4/h7-8,10H,6,9H2,1-5H3,(H,16,17). The van der Waals surface area contributed by atoms with Crippen LogP contribution in [0.1, 0.15) is 44.5 Å². The Balaban J connectivity index is 2.90. The van der Waals surface area contributed by atoms with Crippen molar-refractivity contribution in [2.24, 2.45) is 0 Å². The summed E-state index contributed by atoms with van der Waals surface area (Å²) in [6.45, 7) is 8.50. The van der Waals surface area contributed by atoms with Gasteiger partial charge in [0.25, 0.3) is 5.91 Å². The van der Waals surface area contributed by atoms with Gasteiger partial charge in [-0.3, -0.25) is 4.79 Å². The number of hydrogen-bond acceptors (Lipinski definition) is 3. The summed E-state index contributed by atoms with van der Waals surface area (Å²) in [7, 11) is 1.57. The highest BCUT2D eigenvalue weighted by molar-refractivity contribution is 5.95. The predicted octanol–water partition coefficient (Wildman–Crippen LogP) is 3.01. The molecule has 0 aromatic heterocycles. The van der Waals surface area contributed by atoms with E-state index in [2.05, 4.69) is 5.32 Å². The van der Waals surface area contributed by atoms with Crippen LogP contribution in [-0.2, 0) is 0 Å². The van der Waals surface area contributed by atoms with Crippen molar-refractivity contribution in [3.8, 4) is 11.5 Å². The molecular weight excluding hydrogens is 242 g/mol. The third-order valence-corrected chi connectivity index (χ3v) is 2.38. The van der Waals surface area contributed by atoms with Crippen molar-refractivity contribution in [3.05, 3.63) is 23.8 Å². The third-order valence-electron chi connectivity index (χ3n) is 2.38. The zero-order chi connectivity index (χ0) is 14.5. The summed E-state index contributed by atoms with van der Waals surface area (Å²) in [6, 6.07) is 5.22. The van der Waals surface area contributed by atoms with Crippen molar-refractivity contribution in [1.82, 2.24) is 5.32 Å². The van der Waals surface area contributed by atoms with Crippen LogP contribution in [0.4, 0.5) is 0 Å². The summed E-state index contributed by atoms with van der Waals surface area (Å²) in [6.07, 6.45) is 0.926. The molecule has 0 aliphatic carbocycles. The quantitative estimate of drug-likeness (QED) is 0.890. The van der Waals surface area contributed by atoms with Gasteiger partial charge in [-0.05, 0) is 45.4 Å². The lowest BCUT2D eigenvalue weighted by molar-refractivity contribution is 0.0919. The number of nitrogens with one attached hydrogen (secondary N) is 1. The highest BCUT2D eigenvalue weighted by atomic mass is 16.5. The van der Waals surface area contributed by atoms with Crippen molar-refractivity contribution < 1.29 is 14.3 Å². The highest BCUT2D eigenvalue weighted by Crippen LogP contribution is 2.28. The van der Waals surface area contributed by atoms with Gasteiger partial charge in [0.2, 0.25) is 0 Å². The molecule has 0 atom stereocenters. The molecule has 0 spiro atoms. The first-order chi connectivity index (χ1) is 8.87. The van der Waals surface area contributed by atoms with Crippen molar-refractivity contribution in [2.75, 3.05) is 13.7 Å². The van der Waals surface area contributed by atoms with E-state index >= 15 is 0 Å². The number of rotatable bonds is 5. The monoisotopic (exact) mass is 265 g/mol. The van der Waals surface area contributed by atoms with Crippen molar-refractivity contribution in [1.29, 1.82) is 0 Å². The van der Waals surface area contributed by atoms with Gasteiger partial charge in [0.15, 0.2) is 11.5 Å². The second-order valence-corrected chi connectivity index (χ2v) is 5.42. The lowest BCUT2D eigenvalue weighted by atomic mass is 10.1. The number of carbonyl (C=O) groups is 1. The minimum Gasteiger partial charge on any atom is -0.493 e. The van der Waals surface area contributed by atoms with Gasteiger partial charge in [-0.1, -0.05) is 6.92 Å². The molecule has 1 aromatic rings. The van der Waals surface area contributed by atoms with Crippen LogP contribution in [-0.4, -0.2) is 25.2 Å². The summed E-state index contributed by atoms with van der Waals surface area (Å²) in [4.78, 5) is 12.0. The fourth-order valence-corrected chi connectivity index (χ4v) is 1.55. The second-order valence-electron chi connectivity index (χ2n) is 5.42. The Labute approximate surface area is 115 Å². The van der Waals surface area contributed by atoms with Crippen LogP contribution < -0.4 is 14.8 Å². The normalized spacial score (nSPS) is 11.0. The molecule has 4 nitrogen and oxygen atoms in total. The topological polar surface area (TPSA) is 47.6 Å². The Kier molecular flexibility index (Phi) is 5.21. The van der Waals surface area contributed by atoms with E-state index in [1.165, 1.54) is 0 Å². The second kappa shape index (κ2) is 6.45. The van der Waals surface area contributed by atoms with E-state index in [4.69, 9.17) is 9.47 Å². The maximum absolute atomic E-state index is 12.0. The van der Waals surface area contributed by atoms with Crippen LogP contribution in [0.5, 0.6) is 11.5 Å². The molecule has 19 heavy (non-hydrogen) atoms. The molecule has 1 rings (SSSR count). The molecule has 4 heteroatoms. The summed E-state index contributed by atoms with van der Waals surface area (Å²) >= 11 is 0. The molecule has 0 heterocycles. The zero-order valence-electron chi connectivity index (χ0n) is 12.4. The largest absolute Gasteiger partial charge is 0.493 e. The molecular formula is C15H23NO3. The van der Waals surface area contributed by atoms with Crippen LogP contribution in [0.3, 0.4) is 0 Å². The molecule has 106 valence electrons. The van der Waals surface area contributed by atoms with E-state index in [0.717, 1.165) is 6.42 Å². The van der Waals surface area contributed by atoms with Crippen molar-refractivity contribution in [2.45, 2.75) is 39.7 Å². The van der Waals surface area contributed by atoms with E-state index in [9.17, 15) is 4.79 Å². The molecule has 0 fully saturated rings. The fourth-order valence-electron chi connectivity index (χ4n) is 1.55. The molecule has 1 aromatic carbocycles. The fraction of sp³-hybridized carbons (Fsp3) is 0.533. The number of carbonyl (C=O) groups excluding carboxylic acids is 1. The Morgan fingerprint density at radius 1 is 1.26 bits per heavy atom. The number of ether oxygens (including phenoxy) is 2. The maximum Gasteiger partial charge on any atom is 0.251 e. The van der Waals surface area contributed by atoms with E-state index in [0.29, 0.717) is 23.7 Å². The van der Waals surface area contributed by atoms with Gasteiger partial charge in [0.05, 0.1) is 13.7 Å². The molecule has 0 aliphatic heterocycles. The van der Waals surface area contributed by atoms with Gasteiger partial charge in [-0.15, -0.1) is 0 Å². The number of benzene rings is 1. The Morgan fingerprint density at radius 2 is 1.95 bits per heavy atom. The summed E-state index contributed by atoms with van der Waals surface area (Å²) < 4.78 is 10.8. The van der Waals surface area contributed by atoms with E-state index in [1.807, 2.05) is 27.7 Å². The van der Waals surface area contributed by atoms with Gasteiger partial charge in [-0.2, -0.15) is 0 Å². The minimum absolute atomic E-state index is 0.118. The molecule has 0 aliphatic rings. The first kappa shape index (κ1) is 15.3. The Bertz CT molecular complexity index is 436. The van der Waals surface area contributed by atoms with Crippen molar-refractivity contribution in [3.63, 3.8) is 0 Å². The molecule has 1 N–H and O–H groups in total. The van der Waals surface area contributed by atoms with Gasteiger partial charge in [0, 0.05) is 11.1 Å². The van der Waals surface area contributed by atoms with Crippen LogP contribution >= 0.6 is 0 Å². The molecule has 0 saturated heterocycles. The van der Waals surface area contributed by atoms with Crippen LogP contribution in [0.15, 0.2) is 18.2 Å². The predicted molar refractivity (Wildman–Crippen MR) is 76.0 cm³/mol. The average molecular weight is 265 g/mol. The maximum atomic E-state index is 12.0. The SMILES string of the molecule is CCCOc1ccc(C(=O)NC(C)(C)C)cc1OC. The minimum atomic E-state index is -0.262. The molecule has 0 radical (unpaired) electrons. The molecule has 0 bridgehead atoms. The number of hydrogen-bond donors (Lipinski definition) is 1. The molecule has 0 saturated carbocycles. The Morgan fingerprint density at radius 3 is 2.47 bits per heavy atom. The smallest absolute Gasteiger partial charge is 0.251 e. The van der Waals surface area contributed by atoms with Crippen LogP contribution in [0.25, 0.3) is 0 Å². The summed E-state index contributed by atoms with van der Waals surface area (Å²) in [5.41, 5.74) is 0.303. The van der Waals surface area contributed by atoms with Crippen LogP contribution in [0.2, 0.25) is 0 Å². The zero-order valence-corrected chi connectivity index (χ0v) is 12.4. The van der Waals surface area contributed by atoms with Gasteiger partial charge < -0.3 is 14.8 Å². The first-order valence-electron chi connectivity index (χ1n) is 6.50. The summed E-state index contributed by atoms with van der Waals surface area (Å²) in [5, 5.41) is 2.91. The van der Waals surface area contributed by atoms with E-state index in [1.54, 1.807) is 25.3 Å². The average Bonchev–Trinajstić information content (AvgIpc) is 2.34. The highest BCUT2D eigenvalue weighted by Gasteiger charge is 2.17. The number of amides is 1. The van der Waals surface area contributed by atoms with E-state index < -0.39 is 0 Å². The van der Waals surface area contributed by atoms with Gasteiger partial charge in [0.1, 0.15) is 0 Å². The Hall–Kier alpha value is -1.71. The van der Waals surface area contributed by atoms with Gasteiger partial charge >= 0.3 is 0 Å². The molecule has 0 unspecified atom stereocenters. The summed E-state index contributed by atoms with van der Waals surface area (Å²) in [5.74, 6) is 1.12. The number of methoxy groups -OCH3 is 1. The molecule has 1 amide bonds. The van der Waals surface area contributed by atoms with Crippen molar-refractivity contribution >= 4 is 5.91 Å². The first-order valence-corrected chi connectivity index (χ1v) is 6.50. The van der Waals surface area contributed by atoms with Crippen LogP contribution in [0, 0.1) is 0 Å². The van der Waals surface area contributed by atoms with Gasteiger partial charge in [-0.25, -0.2) is 0 Å². The lowest BCUT2D eigenvalue weighted by Gasteiger charge is -2.21. The third kappa shape index (κ3) is 4.81.